The first-order valence-corrected chi connectivity index (χ1v) is 10.7. The van der Waals surface area contributed by atoms with E-state index in [1.165, 1.54) is 24.3 Å². The van der Waals surface area contributed by atoms with E-state index < -0.39 is 5.97 Å². The highest BCUT2D eigenvalue weighted by molar-refractivity contribution is 7.13. The summed E-state index contributed by atoms with van der Waals surface area (Å²) in [6.07, 6.45) is 0.779. The van der Waals surface area contributed by atoms with Crippen LogP contribution in [0.25, 0.3) is 0 Å². The first kappa shape index (κ1) is 21.0. The second-order valence-corrected chi connectivity index (χ2v) is 8.37. The Morgan fingerprint density at radius 2 is 1.94 bits per heavy atom. The summed E-state index contributed by atoms with van der Waals surface area (Å²) in [5, 5.41) is 0.585. The van der Waals surface area contributed by atoms with E-state index in [0.29, 0.717) is 21.3 Å². The number of ether oxygens (including phenoxy) is 2. The van der Waals surface area contributed by atoms with Gasteiger partial charge in [0.05, 0.1) is 5.69 Å². The van der Waals surface area contributed by atoms with Crippen LogP contribution in [0.5, 0.6) is 5.75 Å². The standard InChI is InChI=1S/C23H21FN2O4S/c1-14-11-16-5-3-4-6-19(16)26(14)21(27)13-30-23(28)22-15(2)25-20(31-22)12-29-18-9-7-17(24)8-10-18/h3-10,14H,11-13H2,1-2H3. The fraction of sp³-hybridized carbons (Fsp3) is 0.261. The zero-order chi connectivity index (χ0) is 22.0. The molecule has 1 aromatic heterocycles. The number of hydrogen-bond donors (Lipinski definition) is 0. The van der Waals surface area contributed by atoms with Crippen LogP contribution in [0.4, 0.5) is 10.1 Å². The van der Waals surface area contributed by atoms with Gasteiger partial charge in [0.15, 0.2) is 6.61 Å². The van der Waals surface area contributed by atoms with E-state index in [2.05, 4.69) is 4.98 Å². The summed E-state index contributed by atoms with van der Waals surface area (Å²) in [7, 11) is 0. The van der Waals surface area contributed by atoms with Crippen molar-refractivity contribution in [2.75, 3.05) is 11.5 Å². The number of benzene rings is 2. The van der Waals surface area contributed by atoms with E-state index >= 15 is 0 Å². The number of amides is 1. The van der Waals surface area contributed by atoms with Crippen molar-refractivity contribution < 1.29 is 23.5 Å². The molecule has 1 aliphatic heterocycles. The fourth-order valence-electron chi connectivity index (χ4n) is 3.59. The zero-order valence-electron chi connectivity index (χ0n) is 17.1. The lowest BCUT2D eigenvalue weighted by Gasteiger charge is -2.22. The van der Waals surface area contributed by atoms with Gasteiger partial charge in [-0.3, -0.25) is 4.79 Å². The Morgan fingerprint density at radius 1 is 1.19 bits per heavy atom. The number of esters is 1. The van der Waals surface area contributed by atoms with Crippen LogP contribution in [-0.2, 0) is 22.6 Å². The van der Waals surface area contributed by atoms with Crippen LogP contribution in [-0.4, -0.2) is 29.5 Å². The molecule has 31 heavy (non-hydrogen) atoms. The van der Waals surface area contributed by atoms with Crippen molar-refractivity contribution in [2.24, 2.45) is 0 Å². The van der Waals surface area contributed by atoms with Crippen LogP contribution in [0, 0.1) is 12.7 Å². The van der Waals surface area contributed by atoms with Crippen molar-refractivity contribution >= 4 is 28.9 Å². The number of halogens is 1. The lowest BCUT2D eigenvalue weighted by Crippen LogP contribution is -2.38. The molecule has 1 aliphatic rings. The highest BCUT2D eigenvalue weighted by atomic mass is 32.1. The highest BCUT2D eigenvalue weighted by Crippen LogP contribution is 2.32. The van der Waals surface area contributed by atoms with Crippen molar-refractivity contribution in [3.05, 3.63) is 75.5 Å². The minimum absolute atomic E-state index is 0.0176. The van der Waals surface area contributed by atoms with Crippen LogP contribution < -0.4 is 9.64 Å². The largest absolute Gasteiger partial charge is 0.486 e. The Bertz CT molecular complexity index is 1110. The van der Waals surface area contributed by atoms with Gasteiger partial charge in [-0.15, -0.1) is 11.3 Å². The molecular weight excluding hydrogens is 419 g/mol. The molecular formula is C23H21FN2O4S. The molecule has 1 amide bonds. The van der Waals surface area contributed by atoms with Gasteiger partial charge in [-0.1, -0.05) is 18.2 Å². The summed E-state index contributed by atoms with van der Waals surface area (Å²) in [6, 6.07) is 13.4. The van der Waals surface area contributed by atoms with E-state index in [-0.39, 0.29) is 31.0 Å². The summed E-state index contributed by atoms with van der Waals surface area (Å²) in [5.41, 5.74) is 2.49. The second kappa shape index (κ2) is 8.85. The number of carbonyl (C=O) groups is 2. The van der Waals surface area contributed by atoms with Gasteiger partial charge in [-0.2, -0.15) is 0 Å². The van der Waals surface area contributed by atoms with Crippen molar-refractivity contribution in [3.63, 3.8) is 0 Å². The van der Waals surface area contributed by atoms with Crippen LogP contribution in [0.15, 0.2) is 48.5 Å². The van der Waals surface area contributed by atoms with Gasteiger partial charge in [-0.25, -0.2) is 14.2 Å². The number of aryl methyl sites for hydroxylation is 1. The minimum Gasteiger partial charge on any atom is -0.486 e. The Kier molecular flexibility index (Phi) is 5.99. The summed E-state index contributed by atoms with van der Waals surface area (Å²) >= 11 is 1.15. The molecule has 0 saturated heterocycles. The third kappa shape index (κ3) is 4.59. The van der Waals surface area contributed by atoms with E-state index in [0.717, 1.165) is 29.0 Å². The molecule has 1 unspecified atom stereocenters. The smallest absolute Gasteiger partial charge is 0.350 e. The third-order valence-electron chi connectivity index (χ3n) is 5.00. The fourth-order valence-corrected chi connectivity index (χ4v) is 4.46. The van der Waals surface area contributed by atoms with Gasteiger partial charge in [0.1, 0.15) is 28.1 Å². The van der Waals surface area contributed by atoms with Gasteiger partial charge in [0, 0.05) is 11.7 Å². The van der Waals surface area contributed by atoms with Gasteiger partial charge in [-0.05, 0) is 56.2 Å². The number of fused-ring (bicyclic) bond motifs is 1. The van der Waals surface area contributed by atoms with E-state index in [4.69, 9.17) is 9.47 Å². The number of hydrogen-bond acceptors (Lipinski definition) is 6. The number of rotatable bonds is 6. The molecule has 160 valence electrons. The second-order valence-electron chi connectivity index (χ2n) is 7.29. The molecule has 0 radical (unpaired) electrons. The maximum Gasteiger partial charge on any atom is 0.350 e. The topological polar surface area (TPSA) is 68.7 Å². The highest BCUT2D eigenvalue weighted by Gasteiger charge is 2.31. The molecule has 1 atom stereocenters. The molecule has 4 rings (SSSR count). The van der Waals surface area contributed by atoms with Crippen molar-refractivity contribution in [3.8, 4) is 5.75 Å². The number of carbonyl (C=O) groups excluding carboxylic acids is 2. The maximum atomic E-state index is 13.0. The van der Waals surface area contributed by atoms with Gasteiger partial charge < -0.3 is 14.4 Å². The summed E-state index contributed by atoms with van der Waals surface area (Å²) < 4.78 is 23.8. The lowest BCUT2D eigenvalue weighted by atomic mass is 10.1. The Balaban J connectivity index is 1.35. The predicted octanol–water partition coefficient (Wildman–Crippen LogP) is 4.30. The third-order valence-corrected chi connectivity index (χ3v) is 6.12. The van der Waals surface area contributed by atoms with E-state index in [1.807, 2.05) is 31.2 Å². The van der Waals surface area contributed by atoms with Crippen LogP contribution in [0.2, 0.25) is 0 Å². The van der Waals surface area contributed by atoms with Crippen LogP contribution in [0.1, 0.15) is 32.9 Å². The molecule has 0 spiro atoms. The Morgan fingerprint density at radius 3 is 2.71 bits per heavy atom. The number of nitrogens with zero attached hydrogens (tertiary/aromatic N) is 2. The lowest BCUT2D eigenvalue weighted by molar-refractivity contribution is -0.122. The number of para-hydroxylation sites is 1. The molecule has 8 heteroatoms. The molecule has 6 nitrogen and oxygen atoms in total. The average molecular weight is 440 g/mol. The van der Waals surface area contributed by atoms with Gasteiger partial charge >= 0.3 is 5.97 Å². The minimum atomic E-state index is -0.587. The summed E-state index contributed by atoms with van der Waals surface area (Å²) in [4.78, 5) is 31.6. The number of thiazole rings is 1. The van der Waals surface area contributed by atoms with E-state index in [9.17, 15) is 14.0 Å². The summed E-state index contributed by atoms with van der Waals surface area (Å²) in [5.74, 6) is -0.683. The molecule has 0 aliphatic carbocycles. The first-order chi connectivity index (χ1) is 14.9. The first-order valence-electron chi connectivity index (χ1n) is 9.84. The molecule has 0 fully saturated rings. The molecule has 2 heterocycles. The molecule has 0 bridgehead atoms. The van der Waals surface area contributed by atoms with Crippen molar-refractivity contribution in [1.29, 1.82) is 0 Å². The number of aromatic nitrogens is 1. The Labute approximate surface area is 183 Å². The van der Waals surface area contributed by atoms with Crippen LogP contribution in [0.3, 0.4) is 0 Å². The normalized spacial score (nSPS) is 14.9. The number of anilines is 1. The average Bonchev–Trinajstić information content (AvgIpc) is 3.30. The monoisotopic (exact) mass is 440 g/mol. The molecule has 0 saturated carbocycles. The molecule has 0 N–H and O–H groups in total. The summed E-state index contributed by atoms with van der Waals surface area (Å²) in [6.45, 7) is 3.48. The SMILES string of the molecule is Cc1nc(COc2ccc(F)cc2)sc1C(=O)OCC(=O)N1c2ccccc2CC1C. The molecule has 2 aromatic carbocycles. The van der Waals surface area contributed by atoms with E-state index in [1.54, 1.807) is 11.8 Å². The van der Waals surface area contributed by atoms with Crippen LogP contribution >= 0.6 is 11.3 Å². The maximum absolute atomic E-state index is 13.0. The van der Waals surface area contributed by atoms with Crippen molar-refractivity contribution in [1.82, 2.24) is 4.98 Å². The predicted molar refractivity (Wildman–Crippen MR) is 115 cm³/mol. The zero-order valence-corrected chi connectivity index (χ0v) is 17.9. The van der Waals surface area contributed by atoms with Gasteiger partial charge in [0.2, 0.25) is 0 Å². The van der Waals surface area contributed by atoms with Crippen molar-refractivity contribution in [2.45, 2.75) is 32.9 Å². The molecule has 3 aromatic rings. The van der Waals surface area contributed by atoms with Gasteiger partial charge in [0.25, 0.3) is 5.91 Å². The Hall–Kier alpha value is -3.26. The quantitative estimate of drug-likeness (QED) is 0.535.